The lowest BCUT2D eigenvalue weighted by molar-refractivity contribution is -0.0426. The number of carbonyl (C=O) groups excluding carboxylic acids is 1. The van der Waals surface area contributed by atoms with Crippen LogP contribution < -0.4 is 4.43 Å². The summed E-state index contributed by atoms with van der Waals surface area (Å²) in [5.74, 6) is -0.130. The number of thiophene rings is 1. The van der Waals surface area contributed by atoms with Gasteiger partial charge in [0.05, 0.1) is 9.93 Å². The number of ketones is 1. The van der Waals surface area contributed by atoms with Crippen molar-refractivity contribution in [2.45, 2.75) is 50.8 Å². The Morgan fingerprint density at radius 1 is 1.12 bits per heavy atom. The van der Waals surface area contributed by atoms with Crippen LogP contribution in [0.5, 0.6) is 5.75 Å². The van der Waals surface area contributed by atoms with Gasteiger partial charge in [0.1, 0.15) is 5.75 Å². The lowest BCUT2D eigenvalue weighted by Crippen LogP contribution is -2.43. The van der Waals surface area contributed by atoms with Gasteiger partial charge in [-0.3, -0.25) is 4.79 Å². The van der Waals surface area contributed by atoms with E-state index in [1.54, 1.807) is 24.3 Å². The second kappa shape index (κ2) is 8.00. The molecule has 174 valence electrons. The number of hydrogen-bond acceptors (Lipinski definition) is 5. The number of fused-ring (bicyclic) bond motifs is 1. The van der Waals surface area contributed by atoms with Crippen LogP contribution in [-0.2, 0) is 9.84 Å². The first-order valence-electron chi connectivity index (χ1n) is 9.62. The highest BCUT2D eigenvalue weighted by molar-refractivity contribution is 7.96. The minimum atomic E-state index is -5.56. The number of Topliss-reactive ketones (excluding diaryl/α,β-unsaturated/α-hetero) is 1. The van der Waals surface area contributed by atoms with Crippen molar-refractivity contribution < 1.29 is 30.8 Å². The Morgan fingerprint density at radius 3 is 2.28 bits per heavy atom. The highest BCUT2D eigenvalue weighted by Crippen LogP contribution is 2.43. The minimum absolute atomic E-state index is 0.0248. The van der Waals surface area contributed by atoms with Gasteiger partial charge in [-0.05, 0) is 54.0 Å². The zero-order chi connectivity index (χ0) is 24.3. The van der Waals surface area contributed by atoms with E-state index in [9.17, 15) is 26.4 Å². The van der Waals surface area contributed by atoms with Crippen molar-refractivity contribution in [2.24, 2.45) is 0 Å². The molecule has 4 nitrogen and oxygen atoms in total. The van der Waals surface area contributed by atoms with Gasteiger partial charge < -0.3 is 4.43 Å². The molecule has 1 aromatic heterocycles. The van der Waals surface area contributed by atoms with Gasteiger partial charge in [0.2, 0.25) is 0 Å². The van der Waals surface area contributed by atoms with Crippen LogP contribution >= 0.6 is 22.9 Å². The van der Waals surface area contributed by atoms with Crippen LogP contribution in [0.2, 0.25) is 23.2 Å². The predicted octanol–water partition coefficient (Wildman–Crippen LogP) is 7.31. The molecule has 0 aliphatic heterocycles. The average Bonchev–Trinajstić information content (AvgIpc) is 3.06. The summed E-state index contributed by atoms with van der Waals surface area (Å²) in [6.07, 6.45) is 0.120. The van der Waals surface area contributed by atoms with Crippen LogP contribution in [0.3, 0.4) is 0 Å². The molecule has 0 amide bonds. The Kier molecular flexibility index (Phi) is 6.25. The molecule has 0 saturated carbocycles. The van der Waals surface area contributed by atoms with E-state index in [0.717, 1.165) is 17.4 Å². The van der Waals surface area contributed by atoms with Crippen molar-refractivity contribution in [3.8, 4) is 16.2 Å². The van der Waals surface area contributed by atoms with Crippen molar-refractivity contribution in [3.05, 3.63) is 44.6 Å². The van der Waals surface area contributed by atoms with Crippen LogP contribution in [0.1, 0.15) is 42.4 Å². The third-order valence-electron chi connectivity index (χ3n) is 5.73. The molecule has 0 N–H and O–H groups in total. The fraction of sp³-hybridized carbons (Fsp3) is 0.381. The topological polar surface area (TPSA) is 60.4 Å². The maximum absolute atomic E-state index is 12.9. The maximum atomic E-state index is 12.9. The molecule has 11 heteroatoms. The lowest BCUT2D eigenvalue weighted by Gasteiger charge is -2.36. The van der Waals surface area contributed by atoms with E-state index in [2.05, 4.69) is 33.9 Å². The SMILES string of the molecule is CC(C)(C)[Si](C)(C)Oc1ccc(-c2cc3c(s2)C=C(S(=O)(=O)C(F)(F)F)CC3=O)cc1Cl. The van der Waals surface area contributed by atoms with Crippen molar-refractivity contribution >= 4 is 53.0 Å². The number of hydrogen-bond donors (Lipinski definition) is 0. The van der Waals surface area contributed by atoms with E-state index in [1.807, 2.05) is 0 Å². The normalized spacial score (nSPS) is 15.4. The predicted molar refractivity (Wildman–Crippen MR) is 124 cm³/mol. The summed E-state index contributed by atoms with van der Waals surface area (Å²) in [7, 11) is -7.67. The largest absolute Gasteiger partial charge is 0.543 e. The molecule has 0 radical (unpaired) electrons. The summed E-state index contributed by atoms with van der Waals surface area (Å²) in [5, 5.41) is 0.351. The first-order valence-corrected chi connectivity index (χ1v) is 15.2. The van der Waals surface area contributed by atoms with Crippen LogP contribution in [-0.4, -0.2) is 28.0 Å². The van der Waals surface area contributed by atoms with Crippen LogP contribution in [0.4, 0.5) is 13.2 Å². The van der Waals surface area contributed by atoms with Gasteiger partial charge in [-0.15, -0.1) is 11.3 Å². The fourth-order valence-electron chi connectivity index (χ4n) is 2.81. The number of allylic oxidation sites excluding steroid dienone is 1. The number of sulfone groups is 1. The number of halogens is 4. The Hall–Kier alpha value is -1.62. The molecule has 32 heavy (non-hydrogen) atoms. The Labute approximate surface area is 195 Å². The third kappa shape index (κ3) is 4.55. The van der Waals surface area contributed by atoms with E-state index in [4.69, 9.17) is 16.0 Å². The summed E-state index contributed by atoms with van der Waals surface area (Å²) >= 11 is 7.48. The second-order valence-electron chi connectivity index (χ2n) is 9.06. The molecule has 0 atom stereocenters. The lowest BCUT2D eigenvalue weighted by atomic mass is 10.0. The first kappa shape index (κ1) is 25.0. The number of benzene rings is 1. The fourth-order valence-corrected chi connectivity index (χ4v) is 6.24. The van der Waals surface area contributed by atoms with E-state index in [1.165, 1.54) is 0 Å². The molecule has 0 bridgehead atoms. The average molecular weight is 523 g/mol. The van der Waals surface area contributed by atoms with Gasteiger partial charge in [-0.1, -0.05) is 32.4 Å². The van der Waals surface area contributed by atoms with Crippen molar-refractivity contribution in [1.82, 2.24) is 0 Å². The highest BCUT2D eigenvalue weighted by atomic mass is 35.5. The maximum Gasteiger partial charge on any atom is 0.501 e. The van der Waals surface area contributed by atoms with Gasteiger partial charge in [-0.2, -0.15) is 13.2 Å². The van der Waals surface area contributed by atoms with E-state index in [-0.39, 0.29) is 15.5 Å². The van der Waals surface area contributed by atoms with Crippen LogP contribution in [0, 0.1) is 0 Å². The molecule has 1 aromatic carbocycles. The van der Waals surface area contributed by atoms with E-state index >= 15 is 0 Å². The molecular weight excluding hydrogens is 501 g/mol. The molecule has 0 unspecified atom stereocenters. The van der Waals surface area contributed by atoms with Gasteiger partial charge in [-0.25, -0.2) is 8.42 Å². The molecular formula is C21H22ClF3O4S2Si. The summed E-state index contributed by atoms with van der Waals surface area (Å²) in [5.41, 5.74) is -4.60. The first-order chi connectivity index (χ1) is 14.4. The van der Waals surface area contributed by atoms with Crippen molar-refractivity contribution in [3.63, 3.8) is 0 Å². The molecule has 0 spiro atoms. The van der Waals surface area contributed by atoms with Crippen LogP contribution in [0.25, 0.3) is 16.5 Å². The summed E-state index contributed by atoms with van der Waals surface area (Å²) in [4.78, 5) is 12.2. The van der Waals surface area contributed by atoms with Gasteiger partial charge in [0.15, 0.2) is 5.78 Å². The summed E-state index contributed by atoms with van der Waals surface area (Å²) in [6, 6.07) is 6.71. The number of carbonyl (C=O) groups is 1. The smallest absolute Gasteiger partial charge is 0.501 e. The standard InChI is InChI=1S/C21H22ClF3O4S2Si/c1-20(2,3)32(4,5)29-17-7-6-12(8-15(17)22)18-11-14-16(26)9-13(10-19(14)30-18)31(27,28)21(23,24)25/h6-8,10-11H,9H2,1-5H3. The number of rotatable bonds is 4. The van der Waals surface area contributed by atoms with Crippen molar-refractivity contribution in [1.29, 1.82) is 0 Å². The van der Waals surface area contributed by atoms with E-state index < -0.39 is 40.8 Å². The summed E-state index contributed by atoms with van der Waals surface area (Å²) < 4.78 is 68.4. The highest BCUT2D eigenvalue weighted by Gasteiger charge is 2.49. The molecule has 0 saturated heterocycles. The Balaban J connectivity index is 1.97. The van der Waals surface area contributed by atoms with Crippen molar-refractivity contribution in [2.75, 3.05) is 0 Å². The van der Waals surface area contributed by atoms with Gasteiger partial charge in [0, 0.05) is 21.7 Å². The quantitative estimate of drug-likeness (QED) is 0.395. The monoisotopic (exact) mass is 522 g/mol. The molecule has 2 aromatic rings. The Bertz CT molecular complexity index is 1220. The molecule has 1 aliphatic carbocycles. The van der Waals surface area contributed by atoms with E-state index in [0.29, 0.717) is 21.2 Å². The molecule has 3 rings (SSSR count). The van der Waals surface area contributed by atoms with Gasteiger partial charge >= 0.3 is 5.51 Å². The third-order valence-corrected chi connectivity index (χ3v) is 13.1. The molecule has 1 aliphatic rings. The second-order valence-corrected chi connectivity index (χ2v) is 17.3. The zero-order valence-electron chi connectivity index (χ0n) is 18.1. The van der Waals surface area contributed by atoms with Crippen LogP contribution in [0.15, 0.2) is 29.2 Å². The Morgan fingerprint density at radius 2 is 1.75 bits per heavy atom. The minimum Gasteiger partial charge on any atom is -0.543 e. The zero-order valence-corrected chi connectivity index (χ0v) is 21.4. The molecule has 1 heterocycles. The summed E-state index contributed by atoms with van der Waals surface area (Å²) in [6.45, 7) is 10.5. The molecule has 0 fully saturated rings. The van der Waals surface area contributed by atoms with Gasteiger partial charge in [0.25, 0.3) is 18.2 Å². The number of alkyl halides is 3.